The third-order valence-corrected chi connectivity index (χ3v) is 2.25. The van der Waals surface area contributed by atoms with Crippen molar-refractivity contribution >= 4 is 7.98 Å². The van der Waals surface area contributed by atoms with Gasteiger partial charge in [0.15, 0.2) is 7.98 Å². The number of hydrogen-bond donors (Lipinski definition) is 1. The summed E-state index contributed by atoms with van der Waals surface area (Å²) in [6.07, 6.45) is 1.73. The molecule has 1 aliphatic heterocycles. The smallest absolute Gasteiger partial charge is 0.182 e. The van der Waals surface area contributed by atoms with E-state index in [0.29, 0.717) is 5.92 Å². The third-order valence-electron chi connectivity index (χ3n) is 2.25. The van der Waals surface area contributed by atoms with Crippen LogP contribution in [0.4, 0.5) is 0 Å². The molecule has 0 saturated carbocycles. The zero-order valence-corrected chi connectivity index (χ0v) is 6.45. The maximum absolute atomic E-state index is 9.40. The van der Waals surface area contributed by atoms with Crippen molar-refractivity contribution < 1.29 is 5.11 Å². The lowest BCUT2D eigenvalue weighted by atomic mass is 9.91. The first-order valence-electron chi connectivity index (χ1n) is 3.91. The fourth-order valence-corrected chi connectivity index (χ4v) is 1.45. The van der Waals surface area contributed by atoms with Crippen LogP contribution in [0, 0.1) is 5.92 Å². The van der Waals surface area contributed by atoms with Crippen LogP contribution < -0.4 is 0 Å². The van der Waals surface area contributed by atoms with Gasteiger partial charge in [0.2, 0.25) is 0 Å². The van der Waals surface area contributed by atoms with Crippen LogP contribution >= 0.6 is 0 Å². The van der Waals surface area contributed by atoms with Gasteiger partial charge in [0, 0.05) is 0 Å². The van der Waals surface area contributed by atoms with E-state index in [-0.39, 0.29) is 6.10 Å². The minimum Gasteiger partial charge on any atom is -0.393 e. The molecule has 1 N–H and O–H groups in total. The molecule has 0 aromatic heterocycles. The molecule has 0 aromatic carbocycles. The number of rotatable bonds is 1. The van der Waals surface area contributed by atoms with E-state index in [1.807, 2.05) is 0 Å². The summed E-state index contributed by atoms with van der Waals surface area (Å²) in [5, 5.41) is 9.40. The molecule has 0 aromatic rings. The summed E-state index contributed by atoms with van der Waals surface area (Å²) in [5.74, 6) is 0.388. The maximum Gasteiger partial charge on any atom is 0.182 e. The Balaban J connectivity index is 2.38. The van der Waals surface area contributed by atoms with Crippen LogP contribution in [-0.4, -0.2) is 37.1 Å². The molecule has 2 radical (unpaired) electrons. The first kappa shape index (κ1) is 8.09. The molecule has 0 bridgehead atoms. The fourth-order valence-electron chi connectivity index (χ4n) is 1.45. The van der Waals surface area contributed by atoms with Crippen molar-refractivity contribution in [3.05, 3.63) is 0 Å². The van der Waals surface area contributed by atoms with E-state index in [9.17, 15) is 5.11 Å². The molecule has 1 heterocycles. The first-order valence-corrected chi connectivity index (χ1v) is 3.91. The zero-order chi connectivity index (χ0) is 7.56. The largest absolute Gasteiger partial charge is 0.393 e. The van der Waals surface area contributed by atoms with Gasteiger partial charge in [-0.15, -0.1) is 0 Å². The Morgan fingerprint density at radius 2 is 2.40 bits per heavy atom. The lowest BCUT2D eigenvalue weighted by Gasteiger charge is -2.33. The van der Waals surface area contributed by atoms with Crippen molar-refractivity contribution in [3.8, 4) is 0 Å². The van der Waals surface area contributed by atoms with Gasteiger partial charge in [0.1, 0.15) is 0 Å². The fraction of sp³-hybridized carbons (Fsp3) is 1.00. The van der Waals surface area contributed by atoms with Gasteiger partial charge in [0.25, 0.3) is 0 Å². The molecule has 2 atom stereocenters. The van der Waals surface area contributed by atoms with Crippen molar-refractivity contribution in [2.24, 2.45) is 5.92 Å². The SMILES string of the molecule is [B]N1CCC(O)C(CC)C1. The number of piperidine rings is 1. The van der Waals surface area contributed by atoms with Gasteiger partial charge in [0.05, 0.1) is 6.10 Å². The lowest BCUT2D eigenvalue weighted by molar-refractivity contribution is 0.0525. The Labute approximate surface area is 63.7 Å². The molecule has 1 saturated heterocycles. The van der Waals surface area contributed by atoms with E-state index < -0.39 is 0 Å². The molecule has 2 unspecified atom stereocenters. The zero-order valence-electron chi connectivity index (χ0n) is 6.45. The van der Waals surface area contributed by atoms with Gasteiger partial charge < -0.3 is 9.92 Å². The van der Waals surface area contributed by atoms with Crippen molar-refractivity contribution in [1.82, 2.24) is 4.81 Å². The van der Waals surface area contributed by atoms with Crippen LogP contribution in [0.3, 0.4) is 0 Å². The van der Waals surface area contributed by atoms with Crippen LogP contribution in [0.25, 0.3) is 0 Å². The van der Waals surface area contributed by atoms with Crippen molar-refractivity contribution in [3.63, 3.8) is 0 Å². The van der Waals surface area contributed by atoms with Crippen LogP contribution in [0.2, 0.25) is 0 Å². The van der Waals surface area contributed by atoms with E-state index in [1.54, 1.807) is 4.81 Å². The predicted octanol–water partition coefficient (Wildman–Crippen LogP) is 0.163. The normalized spacial score (nSPS) is 36.2. The Hall–Kier alpha value is -0.0151. The molecule has 1 rings (SSSR count). The second kappa shape index (κ2) is 3.40. The molecule has 1 aliphatic rings. The highest BCUT2D eigenvalue weighted by Gasteiger charge is 2.23. The third kappa shape index (κ3) is 1.73. The van der Waals surface area contributed by atoms with Crippen molar-refractivity contribution in [1.29, 1.82) is 0 Å². The molecule has 3 heteroatoms. The van der Waals surface area contributed by atoms with E-state index in [1.165, 1.54) is 0 Å². The average molecular weight is 139 g/mol. The van der Waals surface area contributed by atoms with Crippen LogP contribution in [0.15, 0.2) is 0 Å². The number of aliphatic hydroxyl groups excluding tert-OH is 1. The van der Waals surface area contributed by atoms with Gasteiger partial charge in [-0.1, -0.05) is 6.92 Å². The summed E-state index contributed by atoms with van der Waals surface area (Å²) < 4.78 is 0. The van der Waals surface area contributed by atoms with Gasteiger partial charge in [-0.2, -0.15) is 0 Å². The molecular formula is C7H14BNO. The second-order valence-electron chi connectivity index (χ2n) is 3.02. The number of aliphatic hydroxyl groups is 1. The topological polar surface area (TPSA) is 23.5 Å². The summed E-state index contributed by atoms with van der Waals surface area (Å²) in [4.78, 5) is 1.79. The maximum atomic E-state index is 9.40. The Morgan fingerprint density at radius 1 is 1.70 bits per heavy atom. The molecule has 0 amide bonds. The van der Waals surface area contributed by atoms with Gasteiger partial charge in [-0.05, 0) is 31.8 Å². The minimum absolute atomic E-state index is 0.121. The Bertz CT molecular complexity index is 110. The Kier molecular flexibility index (Phi) is 2.75. The Morgan fingerprint density at radius 3 is 2.90 bits per heavy atom. The standard InChI is InChI=1S/C7H14BNO/c1-2-6-5-9(8)4-3-7(6)10/h6-7,10H,2-5H2,1H3. The highest BCUT2D eigenvalue weighted by molar-refractivity contribution is 6.04. The minimum atomic E-state index is -0.121. The summed E-state index contributed by atoms with van der Waals surface area (Å²) in [6.45, 7) is 3.77. The van der Waals surface area contributed by atoms with E-state index in [2.05, 4.69) is 6.92 Å². The van der Waals surface area contributed by atoms with E-state index >= 15 is 0 Å². The summed E-state index contributed by atoms with van der Waals surface area (Å²) in [6, 6.07) is 0. The molecule has 1 fully saturated rings. The van der Waals surface area contributed by atoms with Crippen molar-refractivity contribution in [2.75, 3.05) is 13.1 Å². The van der Waals surface area contributed by atoms with Gasteiger partial charge in [-0.25, -0.2) is 0 Å². The molecule has 0 spiro atoms. The predicted molar refractivity (Wildman–Crippen MR) is 41.7 cm³/mol. The van der Waals surface area contributed by atoms with E-state index in [0.717, 1.165) is 25.9 Å². The molecule has 0 aliphatic carbocycles. The quantitative estimate of drug-likeness (QED) is 0.523. The second-order valence-corrected chi connectivity index (χ2v) is 3.02. The lowest BCUT2D eigenvalue weighted by Crippen LogP contribution is -2.41. The number of nitrogens with zero attached hydrogens (tertiary/aromatic N) is 1. The molecule has 10 heavy (non-hydrogen) atoms. The van der Waals surface area contributed by atoms with Gasteiger partial charge in [-0.3, -0.25) is 0 Å². The summed E-state index contributed by atoms with van der Waals surface area (Å²) in [7, 11) is 5.59. The summed E-state index contributed by atoms with van der Waals surface area (Å²) >= 11 is 0. The highest BCUT2D eigenvalue weighted by atomic mass is 16.3. The molecule has 2 nitrogen and oxygen atoms in total. The van der Waals surface area contributed by atoms with Crippen LogP contribution in [0.1, 0.15) is 19.8 Å². The monoisotopic (exact) mass is 139 g/mol. The first-order chi connectivity index (χ1) is 4.74. The molecule has 56 valence electrons. The van der Waals surface area contributed by atoms with Crippen LogP contribution in [0.5, 0.6) is 0 Å². The molecular weight excluding hydrogens is 125 g/mol. The van der Waals surface area contributed by atoms with Crippen LogP contribution in [-0.2, 0) is 0 Å². The number of hydrogen-bond acceptors (Lipinski definition) is 2. The van der Waals surface area contributed by atoms with Crippen molar-refractivity contribution in [2.45, 2.75) is 25.9 Å². The highest BCUT2D eigenvalue weighted by Crippen LogP contribution is 2.17. The van der Waals surface area contributed by atoms with E-state index in [4.69, 9.17) is 7.98 Å². The van der Waals surface area contributed by atoms with Gasteiger partial charge >= 0.3 is 0 Å². The summed E-state index contributed by atoms with van der Waals surface area (Å²) in [5.41, 5.74) is 0. The average Bonchev–Trinajstić information content (AvgIpc) is 1.94.